The summed E-state index contributed by atoms with van der Waals surface area (Å²) < 4.78 is 0. The van der Waals surface area contributed by atoms with Crippen molar-refractivity contribution in [2.24, 2.45) is 11.8 Å². The number of carboxylic acid groups (broad SMARTS) is 1. The average molecular weight is 275 g/mol. The van der Waals surface area contributed by atoms with Crippen molar-refractivity contribution < 1.29 is 14.7 Å². The first-order valence-corrected chi connectivity index (χ1v) is 7.09. The molecule has 0 radical (unpaired) electrons. The zero-order chi connectivity index (χ0) is 14.7. The summed E-state index contributed by atoms with van der Waals surface area (Å²) in [6, 6.07) is 7.81. The van der Waals surface area contributed by atoms with E-state index >= 15 is 0 Å². The van der Waals surface area contributed by atoms with Gasteiger partial charge in [-0.2, -0.15) is 0 Å². The Kier molecular flexibility index (Phi) is 4.42. The molecule has 0 aliphatic heterocycles. The normalized spacial score (nSPS) is 23.3. The maximum absolute atomic E-state index is 12.3. The molecule has 3 atom stereocenters. The Balaban J connectivity index is 2.04. The predicted molar refractivity (Wildman–Crippen MR) is 76.2 cm³/mol. The van der Waals surface area contributed by atoms with Crippen molar-refractivity contribution in [3.63, 3.8) is 0 Å². The number of carbonyl (C=O) groups excluding carboxylic acids is 1. The van der Waals surface area contributed by atoms with Gasteiger partial charge in [0.1, 0.15) is 0 Å². The van der Waals surface area contributed by atoms with Crippen LogP contribution < -0.4 is 5.32 Å². The monoisotopic (exact) mass is 275 g/mol. The van der Waals surface area contributed by atoms with E-state index in [9.17, 15) is 9.59 Å². The van der Waals surface area contributed by atoms with Crippen LogP contribution in [0.3, 0.4) is 0 Å². The van der Waals surface area contributed by atoms with E-state index < -0.39 is 11.9 Å². The number of hydrogen-bond acceptors (Lipinski definition) is 2. The maximum Gasteiger partial charge on any atom is 0.307 e. The molecule has 0 heterocycles. The standard InChI is InChI=1S/C16H21NO3/c1-10-6-3-4-7-12(10)11(2)17-15(18)13-8-5-9-14(13)16(19)20/h3-4,6-7,11,13-14H,5,8-9H2,1-2H3,(H,17,18)(H,19,20)/t11-,13-,14+/m1/s1. The molecule has 1 aliphatic rings. The molecule has 4 nitrogen and oxygen atoms in total. The minimum atomic E-state index is -0.855. The average Bonchev–Trinajstić information content (AvgIpc) is 2.88. The van der Waals surface area contributed by atoms with Gasteiger partial charge in [-0.15, -0.1) is 0 Å². The molecule has 0 saturated heterocycles. The van der Waals surface area contributed by atoms with Crippen molar-refractivity contribution in [1.29, 1.82) is 0 Å². The summed E-state index contributed by atoms with van der Waals surface area (Å²) in [6.45, 7) is 3.94. The fourth-order valence-electron chi connectivity index (χ4n) is 3.04. The van der Waals surface area contributed by atoms with E-state index in [2.05, 4.69) is 5.32 Å². The summed E-state index contributed by atoms with van der Waals surface area (Å²) in [5.41, 5.74) is 2.20. The summed E-state index contributed by atoms with van der Waals surface area (Å²) >= 11 is 0. The second kappa shape index (κ2) is 6.07. The molecule has 4 heteroatoms. The van der Waals surface area contributed by atoms with Gasteiger partial charge in [0.25, 0.3) is 0 Å². The second-order valence-electron chi connectivity index (χ2n) is 5.57. The van der Waals surface area contributed by atoms with Gasteiger partial charge in [-0.25, -0.2) is 0 Å². The van der Waals surface area contributed by atoms with E-state index in [0.29, 0.717) is 12.8 Å². The van der Waals surface area contributed by atoms with Crippen LogP contribution in [-0.4, -0.2) is 17.0 Å². The molecule has 1 saturated carbocycles. The molecule has 20 heavy (non-hydrogen) atoms. The number of hydrogen-bond donors (Lipinski definition) is 2. The van der Waals surface area contributed by atoms with Crippen LogP contribution in [-0.2, 0) is 9.59 Å². The highest BCUT2D eigenvalue weighted by molar-refractivity contribution is 5.85. The van der Waals surface area contributed by atoms with Crippen LogP contribution in [0.5, 0.6) is 0 Å². The van der Waals surface area contributed by atoms with E-state index in [0.717, 1.165) is 17.5 Å². The Morgan fingerprint density at radius 3 is 2.55 bits per heavy atom. The molecule has 1 aromatic rings. The molecular formula is C16H21NO3. The molecule has 1 aliphatic carbocycles. The number of benzene rings is 1. The van der Waals surface area contributed by atoms with Gasteiger partial charge < -0.3 is 10.4 Å². The van der Waals surface area contributed by atoms with Crippen LogP contribution in [0.1, 0.15) is 43.4 Å². The summed E-state index contributed by atoms with van der Waals surface area (Å²) in [6.07, 6.45) is 2.09. The van der Waals surface area contributed by atoms with E-state index in [1.165, 1.54) is 0 Å². The van der Waals surface area contributed by atoms with Gasteiger partial charge in [0.2, 0.25) is 5.91 Å². The summed E-state index contributed by atoms with van der Waals surface area (Å²) in [4.78, 5) is 23.4. The van der Waals surface area contributed by atoms with Gasteiger partial charge in [0.05, 0.1) is 17.9 Å². The fourth-order valence-corrected chi connectivity index (χ4v) is 3.04. The molecule has 2 N–H and O–H groups in total. The number of rotatable bonds is 4. The Bertz CT molecular complexity index is 512. The van der Waals surface area contributed by atoms with E-state index in [1.54, 1.807) is 0 Å². The lowest BCUT2D eigenvalue weighted by Gasteiger charge is -2.21. The van der Waals surface area contributed by atoms with Crippen LogP contribution in [0.25, 0.3) is 0 Å². The molecule has 1 fully saturated rings. The third-order valence-corrected chi connectivity index (χ3v) is 4.18. The van der Waals surface area contributed by atoms with Crippen LogP contribution in [0.4, 0.5) is 0 Å². The van der Waals surface area contributed by atoms with Crippen molar-refractivity contribution in [3.8, 4) is 0 Å². The van der Waals surface area contributed by atoms with Gasteiger partial charge >= 0.3 is 5.97 Å². The molecular weight excluding hydrogens is 254 g/mol. The smallest absolute Gasteiger partial charge is 0.307 e. The lowest BCUT2D eigenvalue weighted by atomic mass is 9.94. The Labute approximate surface area is 119 Å². The van der Waals surface area contributed by atoms with Gasteiger partial charge in [-0.05, 0) is 37.8 Å². The van der Waals surface area contributed by atoms with E-state index in [1.807, 2.05) is 38.1 Å². The van der Waals surface area contributed by atoms with Crippen LogP contribution >= 0.6 is 0 Å². The van der Waals surface area contributed by atoms with Gasteiger partial charge in [0.15, 0.2) is 0 Å². The zero-order valence-corrected chi connectivity index (χ0v) is 11.9. The third-order valence-electron chi connectivity index (χ3n) is 4.18. The van der Waals surface area contributed by atoms with Crippen molar-refractivity contribution >= 4 is 11.9 Å². The third kappa shape index (κ3) is 3.00. The number of aryl methyl sites for hydroxylation is 1. The number of nitrogens with one attached hydrogen (secondary N) is 1. The minimum Gasteiger partial charge on any atom is -0.481 e. The topological polar surface area (TPSA) is 66.4 Å². The molecule has 0 aromatic heterocycles. The number of amides is 1. The Morgan fingerprint density at radius 2 is 1.90 bits per heavy atom. The molecule has 1 aromatic carbocycles. The second-order valence-corrected chi connectivity index (χ2v) is 5.57. The van der Waals surface area contributed by atoms with Crippen LogP contribution in [0, 0.1) is 18.8 Å². The van der Waals surface area contributed by atoms with Gasteiger partial charge in [-0.3, -0.25) is 9.59 Å². The highest BCUT2D eigenvalue weighted by atomic mass is 16.4. The van der Waals surface area contributed by atoms with Crippen LogP contribution in [0.2, 0.25) is 0 Å². The lowest BCUT2D eigenvalue weighted by Crippen LogP contribution is -2.36. The highest BCUT2D eigenvalue weighted by Crippen LogP contribution is 2.32. The summed E-state index contributed by atoms with van der Waals surface area (Å²) in [7, 11) is 0. The first kappa shape index (κ1) is 14.6. The first-order valence-electron chi connectivity index (χ1n) is 7.09. The van der Waals surface area contributed by atoms with Crippen molar-refractivity contribution in [2.45, 2.75) is 39.2 Å². The minimum absolute atomic E-state index is 0.0984. The SMILES string of the molecule is Cc1ccccc1[C@@H](C)NC(=O)[C@@H]1CCC[C@@H]1C(=O)O. The van der Waals surface area contributed by atoms with Crippen molar-refractivity contribution in [2.75, 3.05) is 0 Å². The number of carbonyl (C=O) groups is 2. The largest absolute Gasteiger partial charge is 0.481 e. The zero-order valence-electron chi connectivity index (χ0n) is 11.9. The Hall–Kier alpha value is -1.84. The molecule has 2 rings (SSSR count). The molecule has 0 bridgehead atoms. The fraction of sp³-hybridized carbons (Fsp3) is 0.500. The van der Waals surface area contributed by atoms with E-state index in [-0.39, 0.29) is 17.9 Å². The summed E-state index contributed by atoms with van der Waals surface area (Å²) in [5, 5.41) is 12.1. The summed E-state index contributed by atoms with van der Waals surface area (Å²) in [5.74, 6) is -1.91. The number of aliphatic carboxylic acids is 1. The van der Waals surface area contributed by atoms with Crippen molar-refractivity contribution in [1.82, 2.24) is 5.32 Å². The van der Waals surface area contributed by atoms with Crippen molar-refractivity contribution in [3.05, 3.63) is 35.4 Å². The van der Waals surface area contributed by atoms with E-state index in [4.69, 9.17) is 5.11 Å². The number of carboxylic acids is 1. The first-order chi connectivity index (χ1) is 9.50. The lowest BCUT2D eigenvalue weighted by molar-refractivity contribution is -0.146. The quantitative estimate of drug-likeness (QED) is 0.887. The predicted octanol–water partition coefficient (Wildman–Crippen LogP) is 2.67. The maximum atomic E-state index is 12.3. The Morgan fingerprint density at radius 1 is 1.25 bits per heavy atom. The molecule has 108 valence electrons. The molecule has 0 spiro atoms. The van der Waals surface area contributed by atoms with Gasteiger partial charge in [0, 0.05) is 0 Å². The highest BCUT2D eigenvalue weighted by Gasteiger charge is 2.38. The molecule has 1 amide bonds. The van der Waals surface area contributed by atoms with Gasteiger partial charge in [-0.1, -0.05) is 30.7 Å². The molecule has 0 unspecified atom stereocenters. The van der Waals surface area contributed by atoms with Crippen LogP contribution in [0.15, 0.2) is 24.3 Å².